The fourth-order valence-corrected chi connectivity index (χ4v) is 5.61. The van der Waals surface area contributed by atoms with Crippen molar-refractivity contribution in [2.24, 2.45) is 0 Å². The molecule has 0 spiro atoms. The lowest BCUT2D eigenvalue weighted by Gasteiger charge is -2.26. The molecule has 0 atom stereocenters. The summed E-state index contributed by atoms with van der Waals surface area (Å²) in [5, 5.41) is 12.9. The van der Waals surface area contributed by atoms with E-state index in [1.165, 1.54) is 4.57 Å². The molecule has 196 valence electrons. The zero-order chi connectivity index (χ0) is 26.6. The number of fused-ring (bicyclic) bond motifs is 1. The van der Waals surface area contributed by atoms with E-state index in [1.54, 1.807) is 18.2 Å². The number of benzene rings is 2. The fourth-order valence-electron chi connectivity index (χ4n) is 4.52. The number of ether oxygens (including phenoxy) is 3. The van der Waals surface area contributed by atoms with Crippen LogP contribution >= 0.6 is 11.3 Å². The number of morpholine rings is 1. The third kappa shape index (κ3) is 5.36. The first-order valence-electron chi connectivity index (χ1n) is 12.4. The zero-order valence-electron chi connectivity index (χ0n) is 21.3. The van der Waals surface area contributed by atoms with Crippen molar-refractivity contribution in [3.63, 3.8) is 0 Å². The number of hydrogen-bond donors (Lipinski definition) is 1. The second-order valence-corrected chi connectivity index (χ2v) is 10.2. The Morgan fingerprint density at radius 2 is 1.92 bits per heavy atom. The predicted molar refractivity (Wildman–Crippen MR) is 144 cm³/mol. The molecule has 0 aliphatic carbocycles. The molecular weight excluding hydrogens is 504 g/mol. The maximum Gasteiger partial charge on any atom is 0.273 e. The standard InChI is InChI=1S/C28H28N4O5S/c1-18-3-5-22(19(2)13-18)32-27(34)25(15-20-4-6-23-24(14-20)37-17-36-23)38-28(32)21(16-29)26(33)30-7-8-31-9-11-35-12-10-31/h3-6,13-15H,7-12,17H2,1-2H3,(H,30,33). The Morgan fingerprint density at radius 1 is 1.13 bits per heavy atom. The van der Waals surface area contributed by atoms with Crippen LogP contribution in [0.2, 0.25) is 0 Å². The molecule has 1 N–H and O–H groups in total. The zero-order valence-corrected chi connectivity index (χ0v) is 22.1. The average molecular weight is 533 g/mol. The number of aromatic nitrogens is 1. The van der Waals surface area contributed by atoms with Crippen LogP contribution in [0.25, 0.3) is 17.3 Å². The molecule has 1 fully saturated rings. The SMILES string of the molecule is Cc1ccc(-n2c(=C(C#N)C(=O)NCCN3CCOCC3)sc(=Cc3ccc4c(c3)OCO4)c2=O)c(C)c1. The summed E-state index contributed by atoms with van der Waals surface area (Å²) in [6.07, 6.45) is 1.74. The lowest BCUT2D eigenvalue weighted by Crippen LogP contribution is -2.42. The van der Waals surface area contributed by atoms with Crippen LogP contribution in [-0.4, -0.2) is 61.6 Å². The smallest absolute Gasteiger partial charge is 0.273 e. The molecule has 3 aromatic rings. The number of nitriles is 1. The minimum absolute atomic E-state index is 0.0978. The summed E-state index contributed by atoms with van der Waals surface area (Å²) < 4.78 is 18.4. The Hall–Kier alpha value is -3.91. The maximum atomic E-state index is 13.7. The first-order valence-corrected chi connectivity index (χ1v) is 13.2. The molecule has 0 saturated carbocycles. The Morgan fingerprint density at radius 3 is 2.68 bits per heavy atom. The summed E-state index contributed by atoms with van der Waals surface area (Å²) in [4.78, 5) is 29.1. The summed E-state index contributed by atoms with van der Waals surface area (Å²) in [5.41, 5.74) is 2.90. The van der Waals surface area contributed by atoms with Crippen LogP contribution < -0.4 is 29.5 Å². The normalized spacial score (nSPS) is 16.3. The molecule has 0 bridgehead atoms. The van der Waals surface area contributed by atoms with E-state index in [4.69, 9.17) is 14.2 Å². The van der Waals surface area contributed by atoms with Gasteiger partial charge in [-0.3, -0.25) is 19.1 Å². The largest absolute Gasteiger partial charge is 0.454 e. The average Bonchev–Trinajstić information content (AvgIpc) is 3.50. The van der Waals surface area contributed by atoms with Crippen molar-refractivity contribution in [2.45, 2.75) is 13.8 Å². The molecule has 10 heteroatoms. The van der Waals surface area contributed by atoms with E-state index in [2.05, 4.69) is 16.3 Å². The Kier molecular flexibility index (Phi) is 7.60. The molecule has 38 heavy (non-hydrogen) atoms. The molecule has 0 unspecified atom stereocenters. The van der Waals surface area contributed by atoms with Crippen LogP contribution in [0.1, 0.15) is 16.7 Å². The van der Waals surface area contributed by atoms with Gasteiger partial charge in [-0.2, -0.15) is 5.26 Å². The van der Waals surface area contributed by atoms with E-state index in [9.17, 15) is 14.9 Å². The van der Waals surface area contributed by atoms with Crippen LogP contribution in [0.5, 0.6) is 11.5 Å². The molecule has 2 aliphatic heterocycles. The number of amides is 1. The highest BCUT2D eigenvalue weighted by atomic mass is 32.1. The van der Waals surface area contributed by atoms with Gasteiger partial charge in [0.25, 0.3) is 11.5 Å². The van der Waals surface area contributed by atoms with E-state index >= 15 is 0 Å². The number of aryl methyl sites for hydroxylation is 2. The van der Waals surface area contributed by atoms with Gasteiger partial charge in [-0.15, -0.1) is 11.3 Å². The first kappa shape index (κ1) is 25.7. The molecule has 1 aromatic heterocycles. The maximum absolute atomic E-state index is 13.7. The van der Waals surface area contributed by atoms with Gasteiger partial charge < -0.3 is 19.5 Å². The summed E-state index contributed by atoms with van der Waals surface area (Å²) in [7, 11) is 0. The van der Waals surface area contributed by atoms with Gasteiger partial charge in [-0.1, -0.05) is 23.8 Å². The molecule has 2 aromatic carbocycles. The Balaban J connectivity index is 1.58. The predicted octanol–water partition coefficient (Wildman–Crippen LogP) is 1.20. The van der Waals surface area contributed by atoms with Crippen molar-refractivity contribution in [3.8, 4) is 23.3 Å². The van der Waals surface area contributed by atoms with Gasteiger partial charge in [0.2, 0.25) is 6.79 Å². The van der Waals surface area contributed by atoms with Crippen molar-refractivity contribution < 1.29 is 19.0 Å². The number of nitrogens with zero attached hydrogens (tertiary/aromatic N) is 3. The van der Waals surface area contributed by atoms with Gasteiger partial charge in [0.15, 0.2) is 17.1 Å². The number of nitrogens with one attached hydrogen (secondary N) is 1. The lowest BCUT2D eigenvalue weighted by atomic mass is 10.1. The van der Waals surface area contributed by atoms with Crippen molar-refractivity contribution in [2.75, 3.05) is 46.2 Å². The van der Waals surface area contributed by atoms with Gasteiger partial charge in [-0.25, -0.2) is 0 Å². The number of hydrogen-bond acceptors (Lipinski definition) is 8. The van der Waals surface area contributed by atoms with Crippen LogP contribution in [0, 0.1) is 25.2 Å². The van der Waals surface area contributed by atoms with E-state index in [-0.39, 0.29) is 17.9 Å². The van der Waals surface area contributed by atoms with Crippen molar-refractivity contribution in [1.29, 1.82) is 5.26 Å². The van der Waals surface area contributed by atoms with Crippen molar-refractivity contribution >= 4 is 28.9 Å². The van der Waals surface area contributed by atoms with E-state index in [0.717, 1.165) is 41.1 Å². The third-order valence-electron chi connectivity index (χ3n) is 6.48. The Bertz CT molecular complexity index is 1590. The van der Waals surface area contributed by atoms with Gasteiger partial charge in [0, 0.05) is 26.2 Å². The van der Waals surface area contributed by atoms with Crippen molar-refractivity contribution in [3.05, 3.63) is 72.6 Å². The van der Waals surface area contributed by atoms with Crippen molar-refractivity contribution in [1.82, 2.24) is 14.8 Å². The van der Waals surface area contributed by atoms with Crippen LogP contribution in [-0.2, 0) is 9.53 Å². The second-order valence-electron chi connectivity index (χ2n) is 9.16. The van der Waals surface area contributed by atoms with E-state index in [1.807, 2.05) is 38.1 Å². The molecule has 1 saturated heterocycles. The third-order valence-corrected chi connectivity index (χ3v) is 7.57. The van der Waals surface area contributed by atoms with Gasteiger partial charge in [0.05, 0.1) is 23.4 Å². The monoisotopic (exact) mass is 532 g/mol. The Labute approximate surface area is 223 Å². The molecule has 1 amide bonds. The highest BCUT2D eigenvalue weighted by Crippen LogP contribution is 2.32. The molecule has 2 aliphatic rings. The summed E-state index contributed by atoms with van der Waals surface area (Å²) >= 11 is 1.12. The lowest BCUT2D eigenvalue weighted by molar-refractivity contribution is -0.115. The summed E-state index contributed by atoms with van der Waals surface area (Å²) in [6.45, 7) is 8.04. The summed E-state index contributed by atoms with van der Waals surface area (Å²) in [6, 6.07) is 13.2. The van der Waals surface area contributed by atoms with Crippen LogP contribution in [0.3, 0.4) is 0 Å². The molecule has 5 rings (SSSR count). The van der Waals surface area contributed by atoms with E-state index in [0.29, 0.717) is 52.7 Å². The topological polar surface area (TPSA) is 106 Å². The van der Waals surface area contributed by atoms with E-state index < -0.39 is 5.91 Å². The van der Waals surface area contributed by atoms with Crippen LogP contribution in [0.15, 0.2) is 41.2 Å². The fraction of sp³-hybridized carbons (Fsp3) is 0.321. The number of thiazole rings is 1. The number of rotatable bonds is 6. The molecule has 3 heterocycles. The van der Waals surface area contributed by atoms with Gasteiger partial charge >= 0.3 is 0 Å². The molecular formula is C28H28N4O5S. The summed E-state index contributed by atoms with van der Waals surface area (Å²) in [5.74, 6) is 0.750. The molecule has 0 radical (unpaired) electrons. The quantitative estimate of drug-likeness (QED) is 0.509. The minimum atomic E-state index is -0.504. The number of carbonyl (C=O) groups is 1. The van der Waals surface area contributed by atoms with Gasteiger partial charge in [0.1, 0.15) is 10.7 Å². The highest BCUT2D eigenvalue weighted by molar-refractivity contribution is 7.07. The second kappa shape index (κ2) is 11.2. The minimum Gasteiger partial charge on any atom is -0.454 e. The van der Waals surface area contributed by atoms with Gasteiger partial charge in [-0.05, 0) is 49.2 Å². The highest BCUT2D eigenvalue weighted by Gasteiger charge is 2.19. The molecule has 9 nitrogen and oxygen atoms in total. The first-order chi connectivity index (χ1) is 18.4. The van der Waals surface area contributed by atoms with Crippen LogP contribution in [0.4, 0.5) is 0 Å². The number of carbonyl (C=O) groups excluding carboxylic acids is 1.